The zero-order valence-electron chi connectivity index (χ0n) is 23.6. The number of carbonyl (C=O) groups is 1. The highest BCUT2D eigenvalue weighted by Crippen LogP contribution is 2.49. The smallest absolute Gasteiger partial charge is 0.346 e. The molecule has 0 spiro atoms. The number of carboxylic acids is 1. The molecule has 6 heterocycles. The number of benzene rings is 1. The van der Waals surface area contributed by atoms with Gasteiger partial charge in [-0.3, -0.25) is 9.88 Å². The van der Waals surface area contributed by atoms with Crippen molar-refractivity contribution in [2.24, 2.45) is 0 Å². The average Bonchev–Trinajstić information content (AvgIpc) is 3.63. The molecule has 2 atom stereocenters. The van der Waals surface area contributed by atoms with Crippen LogP contribution in [0.15, 0.2) is 42.6 Å². The monoisotopic (exact) mass is 582 g/mol. The zero-order chi connectivity index (χ0) is 29.0. The van der Waals surface area contributed by atoms with Crippen molar-refractivity contribution in [1.29, 1.82) is 0 Å². The van der Waals surface area contributed by atoms with Gasteiger partial charge in [-0.2, -0.15) is 0 Å². The van der Waals surface area contributed by atoms with Gasteiger partial charge in [0, 0.05) is 28.0 Å². The van der Waals surface area contributed by atoms with Crippen LogP contribution in [-0.2, 0) is 23.6 Å². The molecule has 1 aromatic carbocycles. The third-order valence-electron chi connectivity index (χ3n) is 7.92. The molecule has 0 amide bonds. The number of hydrogen-bond acceptors (Lipinski definition) is 8. The molecule has 0 saturated carbocycles. The lowest BCUT2D eigenvalue weighted by Crippen LogP contribution is -2.35. The van der Waals surface area contributed by atoms with Crippen LogP contribution < -0.4 is 9.47 Å². The molecule has 0 radical (unpaired) electrons. The first-order valence-corrected chi connectivity index (χ1v) is 14.5. The lowest BCUT2D eigenvalue weighted by Gasteiger charge is -2.33. The van der Waals surface area contributed by atoms with E-state index in [2.05, 4.69) is 14.5 Å². The first-order valence-electron chi connectivity index (χ1n) is 14.5. The number of thiophene rings is 1. The van der Waals surface area contributed by atoms with Gasteiger partial charge in [-0.15, -0.1) is 11.3 Å². The molecule has 2 fully saturated rings. The molecule has 9 nitrogen and oxygen atoms in total. The lowest BCUT2D eigenvalue weighted by molar-refractivity contribution is -0.0722. The maximum Gasteiger partial charge on any atom is 0.346 e. The Balaban J connectivity index is 1.08. The van der Waals surface area contributed by atoms with Crippen LogP contribution in [0.3, 0.4) is 0 Å². The van der Waals surface area contributed by atoms with Crippen LogP contribution >= 0.6 is 22.9 Å². The Labute approximate surface area is 243 Å². The van der Waals surface area contributed by atoms with E-state index in [4.69, 9.17) is 33.5 Å². The van der Waals surface area contributed by atoms with Crippen molar-refractivity contribution < 1.29 is 26.9 Å². The summed E-state index contributed by atoms with van der Waals surface area (Å²) in [5.41, 5.74) is 2.20. The summed E-state index contributed by atoms with van der Waals surface area (Å²) in [5, 5.41) is 9.91. The molecule has 11 heteroatoms. The number of rotatable bonds is 7. The summed E-state index contributed by atoms with van der Waals surface area (Å²) in [6, 6.07) is 10.8. The van der Waals surface area contributed by atoms with Crippen LogP contribution in [0.2, 0.25) is 5.02 Å². The average molecular weight is 583 g/mol. The minimum absolute atomic E-state index is 0.129. The zero-order valence-corrected chi connectivity index (χ0v) is 23.2. The van der Waals surface area contributed by atoms with Crippen LogP contribution in [-0.4, -0.2) is 56.3 Å². The number of likely N-dealkylation sites (tertiary alicyclic amines) is 1. The maximum absolute atomic E-state index is 11.5. The number of imidazole rings is 1. The van der Waals surface area contributed by atoms with Gasteiger partial charge in [0.25, 0.3) is 5.79 Å². The standard InChI is InChI=1S/C29H29ClN4O5S/c1-29(24-6-5-18(30)14-31-24)38-22-4-2-3-20(26(22)39-29)17-7-10-33(11-8-17)16-25-32-27-21(13-23(40-27)28(35)36)34(25)15-19-9-12-37-19/h2-6,13-14,17,19H,7-12,15-16H2,1H3,(H,35,36)/t19-,29+/m0/s1/i1D2. The number of pyridine rings is 1. The number of piperidine rings is 1. The molecular formula is C29H29ClN4O5S. The van der Waals surface area contributed by atoms with Gasteiger partial charge in [0.2, 0.25) is 0 Å². The van der Waals surface area contributed by atoms with Crippen molar-refractivity contribution in [3.63, 3.8) is 0 Å². The first kappa shape index (κ1) is 23.5. The summed E-state index contributed by atoms with van der Waals surface area (Å²) >= 11 is 7.23. The summed E-state index contributed by atoms with van der Waals surface area (Å²) in [7, 11) is 0. The maximum atomic E-state index is 11.5. The van der Waals surface area contributed by atoms with Crippen molar-refractivity contribution >= 4 is 39.3 Å². The van der Waals surface area contributed by atoms with E-state index in [1.54, 1.807) is 24.3 Å². The molecule has 1 N–H and O–H groups in total. The van der Waals surface area contributed by atoms with Crippen molar-refractivity contribution in [3.05, 3.63) is 69.6 Å². The van der Waals surface area contributed by atoms with E-state index in [1.165, 1.54) is 17.5 Å². The molecule has 3 aliphatic heterocycles. The molecule has 0 bridgehead atoms. The Morgan fingerprint density at radius 3 is 2.80 bits per heavy atom. The number of fused-ring (bicyclic) bond motifs is 2. The Morgan fingerprint density at radius 2 is 2.10 bits per heavy atom. The molecule has 0 aliphatic carbocycles. The number of aromatic nitrogens is 3. The molecule has 40 heavy (non-hydrogen) atoms. The second kappa shape index (κ2) is 10.0. The summed E-state index contributed by atoms with van der Waals surface area (Å²) in [6.07, 6.45) is 4.36. The second-order valence-corrected chi connectivity index (χ2v) is 12.0. The molecule has 3 aliphatic rings. The Kier molecular flexibility index (Phi) is 5.89. The van der Waals surface area contributed by atoms with Gasteiger partial charge in [-0.1, -0.05) is 23.7 Å². The van der Waals surface area contributed by atoms with E-state index in [1.807, 2.05) is 12.1 Å². The van der Waals surface area contributed by atoms with E-state index in [0.29, 0.717) is 40.2 Å². The molecular weight excluding hydrogens is 552 g/mol. The second-order valence-electron chi connectivity index (χ2n) is 10.5. The highest BCUT2D eigenvalue weighted by atomic mass is 35.5. The van der Waals surface area contributed by atoms with Gasteiger partial charge in [-0.25, -0.2) is 9.78 Å². The van der Waals surface area contributed by atoms with Crippen LogP contribution in [0.4, 0.5) is 0 Å². The minimum Gasteiger partial charge on any atom is -0.477 e. The van der Waals surface area contributed by atoms with Crippen molar-refractivity contribution in [3.8, 4) is 11.5 Å². The van der Waals surface area contributed by atoms with Crippen molar-refractivity contribution in [1.82, 2.24) is 19.4 Å². The molecule has 208 valence electrons. The summed E-state index contributed by atoms with van der Waals surface area (Å²) in [5.74, 6) is -0.374. The third kappa shape index (κ3) is 4.62. The predicted molar refractivity (Wildman–Crippen MR) is 150 cm³/mol. The fraction of sp³-hybridized carbons (Fsp3) is 0.414. The summed E-state index contributed by atoms with van der Waals surface area (Å²) < 4.78 is 36.8. The largest absolute Gasteiger partial charge is 0.477 e. The summed E-state index contributed by atoms with van der Waals surface area (Å²) in [4.78, 5) is 24.1. The van der Waals surface area contributed by atoms with Crippen LogP contribution in [0, 0.1) is 0 Å². The Hall–Kier alpha value is -3.18. The number of aromatic carboxylic acids is 1. The van der Waals surface area contributed by atoms with Gasteiger partial charge < -0.3 is 23.9 Å². The topological polar surface area (TPSA) is 98.9 Å². The fourth-order valence-electron chi connectivity index (χ4n) is 5.69. The number of nitrogens with zero attached hydrogens (tertiary/aromatic N) is 4. The molecule has 0 unspecified atom stereocenters. The number of para-hydroxylation sites is 1. The fourth-order valence-corrected chi connectivity index (χ4v) is 6.69. The van der Waals surface area contributed by atoms with E-state index in [0.717, 1.165) is 60.7 Å². The molecule has 2 saturated heterocycles. The number of halogens is 1. The lowest BCUT2D eigenvalue weighted by atomic mass is 9.88. The number of carboxylic acid groups (broad SMARTS) is 1. The highest BCUT2D eigenvalue weighted by molar-refractivity contribution is 7.20. The normalized spacial score (nSPS) is 23.8. The van der Waals surface area contributed by atoms with Crippen molar-refractivity contribution in [2.75, 3.05) is 19.7 Å². The van der Waals surface area contributed by atoms with E-state index in [9.17, 15) is 9.90 Å². The van der Waals surface area contributed by atoms with Crippen LogP contribution in [0.25, 0.3) is 10.3 Å². The first-order chi connectivity index (χ1) is 20.3. The molecule has 7 rings (SSSR count). The van der Waals surface area contributed by atoms with E-state index < -0.39 is 18.6 Å². The van der Waals surface area contributed by atoms with Crippen LogP contribution in [0.1, 0.15) is 61.6 Å². The number of ether oxygens (including phenoxy) is 3. The van der Waals surface area contributed by atoms with Gasteiger partial charge in [0.1, 0.15) is 21.2 Å². The van der Waals surface area contributed by atoms with Crippen LogP contribution in [0.5, 0.6) is 11.5 Å². The third-order valence-corrected chi connectivity index (χ3v) is 9.15. The SMILES string of the molecule is [2H]C([2H])[C@@]1(c2ccc(Cl)cn2)Oc2cccc(C3CCN(Cc4nc5sc(C(=O)O)cc5n4C[C@@H]4CCO4)CC3)c2O1. The van der Waals surface area contributed by atoms with Gasteiger partial charge in [0.15, 0.2) is 11.5 Å². The Morgan fingerprint density at radius 1 is 1.25 bits per heavy atom. The highest BCUT2D eigenvalue weighted by Gasteiger charge is 2.42. The molecule has 4 aromatic rings. The minimum atomic E-state index is -1.67. The van der Waals surface area contributed by atoms with E-state index >= 15 is 0 Å². The quantitative estimate of drug-likeness (QED) is 0.298. The van der Waals surface area contributed by atoms with Gasteiger partial charge in [0.05, 0.1) is 29.7 Å². The van der Waals surface area contributed by atoms with Gasteiger partial charge >= 0.3 is 5.97 Å². The van der Waals surface area contributed by atoms with E-state index in [-0.39, 0.29) is 12.0 Å². The summed E-state index contributed by atoms with van der Waals surface area (Å²) in [6.45, 7) is 2.31. The van der Waals surface area contributed by atoms with Crippen molar-refractivity contribution in [2.45, 2.75) is 57.0 Å². The Bertz CT molecular complexity index is 1630. The predicted octanol–water partition coefficient (Wildman–Crippen LogP) is 5.66. The molecule has 3 aromatic heterocycles. The van der Waals surface area contributed by atoms with Gasteiger partial charge in [-0.05, 0) is 62.5 Å². The number of hydrogen-bond donors (Lipinski definition) is 1.